The van der Waals surface area contributed by atoms with Crippen molar-refractivity contribution in [2.24, 2.45) is 11.7 Å². The molecule has 76 valence electrons. The fraction of sp³-hybridized carbons (Fsp3) is 0.455. The van der Waals surface area contributed by atoms with Crippen molar-refractivity contribution in [3.8, 4) is 5.75 Å². The van der Waals surface area contributed by atoms with E-state index in [9.17, 15) is 5.11 Å². The number of rotatable bonds is 3. The van der Waals surface area contributed by atoms with Gasteiger partial charge >= 0.3 is 0 Å². The number of hydrogen-bond acceptors (Lipinski definition) is 2. The van der Waals surface area contributed by atoms with Crippen molar-refractivity contribution in [3.05, 3.63) is 28.2 Å². The number of hydrogen-bond donors (Lipinski definition) is 2. The van der Waals surface area contributed by atoms with Crippen molar-refractivity contribution in [3.63, 3.8) is 0 Å². The van der Waals surface area contributed by atoms with Crippen molar-refractivity contribution < 1.29 is 5.11 Å². The Morgan fingerprint density at radius 1 is 1.50 bits per heavy atom. The Morgan fingerprint density at radius 3 is 2.79 bits per heavy atom. The molecule has 1 fully saturated rings. The number of nitrogens with two attached hydrogens (primary N) is 1. The summed E-state index contributed by atoms with van der Waals surface area (Å²) in [6.45, 7) is 0. The Labute approximate surface area is 92.3 Å². The summed E-state index contributed by atoms with van der Waals surface area (Å²) in [7, 11) is 0. The molecule has 0 amide bonds. The fourth-order valence-corrected chi connectivity index (χ4v) is 2.02. The van der Waals surface area contributed by atoms with Crippen molar-refractivity contribution in [1.29, 1.82) is 0 Å². The predicted molar refractivity (Wildman–Crippen MR) is 60.1 cm³/mol. The van der Waals surface area contributed by atoms with Gasteiger partial charge in [-0.05, 0) is 24.5 Å². The summed E-state index contributed by atoms with van der Waals surface area (Å²) in [6, 6.07) is 5.49. The highest BCUT2D eigenvalue weighted by molar-refractivity contribution is 9.10. The molecule has 0 heterocycles. The topological polar surface area (TPSA) is 46.2 Å². The molecule has 3 heteroatoms. The van der Waals surface area contributed by atoms with Gasteiger partial charge in [0.15, 0.2) is 0 Å². The minimum atomic E-state index is -0.0180. The van der Waals surface area contributed by atoms with Gasteiger partial charge < -0.3 is 10.8 Å². The quantitative estimate of drug-likeness (QED) is 0.873. The first-order chi connectivity index (χ1) is 6.66. The van der Waals surface area contributed by atoms with Crippen molar-refractivity contribution in [2.75, 3.05) is 0 Å². The maximum Gasteiger partial charge on any atom is 0.121 e. The molecule has 1 unspecified atom stereocenters. The highest BCUT2D eigenvalue weighted by Gasteiger charge is 2.25. The lowest BCUT2D eigenvalue weighted by Crippen LogP contribution is -2.11. The Bertz CT molecular complexity index is 336. The van der Waals surface area contributed by atoms with Crippen molar-refractivity contribution in [1.82, 2.24) is 0 Å². The number of halogens is 1. The van der Waals surface area contributed by atoms with E-state index in [0.29, 0.717) is 5.75 Å². The zero-order valence-electron chi connectivity index (χ0n) is 7.91. The van der Waals surface area contributed by atoms with Gasteiger partial charge in [0.1, 0.15) is 5.75 Å². The molecule has 0 bridgehead atoms. The zero-order valence-corrected chi connectivity index (χ0v) is 9.50. The van der Waals surface area contributed by atoms with Crippen LogP contribution in [0.15, 0.2) is 22.7 Å². The summed E-state index contributed by atoms with van der Waals surface area (Å²) in [4.78, 5) is 0. The Morgan fingerprint density at radius 2 is 2.21 bits per heavy atom. The lowest BCUT2D eigenvalue weighted by atomic mass is 10.0. The number of benzene rings is 1. The van der Waals surface area contributed by atoms with Crippen molar-refractivity contribution >= 4 is 15.9 Å². The minimum Gasteiger partial charge on any atom is -0.508 e. The summed E-state index contributed by atoms with van der Waals surface area (Å²) >= 11 is 3.31. The van der Waals surface area contributed by atoms with E-state index in [2.05, 4.69) is 15.9 Å². The predicted octanol–water partition coefficient (Wildman–Crippen LogP) is 2.95. The van der Waals surface area contributed by atoms with Crippen LogP contribution in [-0.4, -0.2) is 5.11 Å². The summed E-state index contributed by atoms with van der Waals surface area (Å²) in [6.07, 6.45) is 3.59. The van der Waals surface area contributed by atoms with Gasteiger partial charge in [0.2, 0.25) is 0 Å². The number of phenolic OH excluding ortho intramolecular Hbond substituents is 1. The van der Waals surface area contributed by atoms with Crippen LogP contribution in [-0.2, 0) is 0 Å². The van der Waals surface area contributed by atoms with Gasteiger partial charge in [0.25, 0.3) is 0 Å². The van der Waals surface area contributed by atoms with Gasteiger partial charge in [-0.15, -0.1) is 0 Å². The SMILES string of the molecule is NC(CC1CC1)c1ccc(Br)cc1O. The second-order valence-corrected chi connectivity index (χ2v) is 4.90. The molecule has 0 aromatic heterocycles. The molecule has 3 N–H and O–H groups in total. The normalized spacial score (nSPS) is 18.1. The number of aromatic hydroxyl groups is 1. The standard InChI is InChI=1S/C11H14BrNO/c12-8-3-4-9(11(14)6-8)10(13)5-7-1-2-7/h3-4,6-7,10,14H,1-2,5,13H2. The maximum atomic E-state index is 9.69. The molecule has 1 aliphatic rings. The maximum absolute atomic E-state index is 9.69. The van der Waals surface area contributed by atoms with E-state index in [0.717, 1.165) is 22.4 Å². The van der Waals surface area contributed by atoms with E-state index in [1.165, 1.54) is 12.8 Å². The molecule has 1 aromatic carbocycles. The van der Waals surface area contributed by atoms with Crippen molar-refractivity contribution in [2.45, 2.75) is 25.3 Å². The Hall–Kier alpha value is -0.540. The van der Waals surface area contributed by atoms with E-state index < -0.39 is 0 Å². The first kappa shape index (κ1) is 9.99. The molecular weight excluding hydrogens is 242 g/mol. The molecule has 14 heavy (non-hydrogen) atoms. The smallest absolute Gasteiger partial charge is 0.121 e. The monoisotopic (exact) mass is 255 g/mol. The van der Waals surface area contributed by atoms with Gasteiger partial charge in [-0.3, -0.25) is 0 Å². The molecule has 2 nitrogen and oxygen atoms in total. The second kappa shape index (κ2) is 3.91. The third kappa shape index (κ3) is 2.28. The lowest BCUT2D eigenvalue weighted by Gasteiger charge is -2.13. The van der Waals surface area contributed by atoms with E-state index in [1.807, 2.05) is 12.1 Å². The largest absolute Gasteiger partial charge is 0.508 e. The van der Waals surface area contributed by atoms with Crippen LogP contribution in [0, 0.1) is 5.92 Å². The van der Waals surface area contributed by atoms with Gasteiger partial charge in [0.05, 0.1) is 0 Å². The summed E-state index contributed by atoms with van der Waals surface area (Å²) in [5.41, 5.74) is 6.87. The van der Waals surface area contributed by atoms with Crippen LogP contribution >= 0.6 is 15.9 Å². The van der Waals surface area contributed by atoms with Gasteiger partial charge in [-0.25, -0.2) is 0 Å². The molecule has 0 spiro atoms. The molecule has 0 saturated heterocycles. The average molecular weight is 256 g/mol. The summed E-state index contributed by atoms with van der Waals surface area (Å²) < 4.78 is 0.886. The third-order valence-electron chi connectivity index (χ3n) is 2.68. The first-order valence-electron chi connectivity index (χ1n) is 4.91. The van der Waals surface area contributed by atoms with Crippen LogP contribution in [0.5, 0.6) is 5.75 Å². The van der Waals surface area contributed by atoms with E-state index >= 15 is 0 Å². The van der Waals surface area contributed by atoms with Gasteiger partial charge in [-0.2, -0.15) is 0 Å². The van der Waals surface area contributed by atoms with Crippen LogP contribution < -0.4 is 5.73 Å². The highest BCUT2D eigenvalue weighted by Crippen LogP contribution is 2.38. The molecule has 1 aliphatic carbocycles. The zero-order chi connectivity index (χ0) is 10.1. The molecule has 0 radical (unpaired) electrons. The molecule has 1 aromatic rings. The highest BCUT2D eigenvalue weighted by atomic mass is 79.9. The molecule has 0 aliphatic heterocycles. The summed E-state index contributed by atoms with van der Waals surface area (Å²) in [5.74, 6) is 1.08. The van der Waals surface area contributed by atoms with E-state index in [1.54, 1.807) is 6.07 Å². The van der Waals surface area contributed by atoms with Crippen LogP contribution in [0.1, 0.15) is 30.9 Å². The van der Waals surface area contributed by atoms with Gasteiger partial charge in [0, 0.05) is 16.1 Å². The first-order valence-corrected chi connectivity index (χ1v) is 5.70. The number of phenols is 1. The molecule has 1 atom stereocenters. The molecule has 1 saturated carbocycles. The lowest BCUT2D eigenvalue weighted by molar-refractivity contribution is 0.455. The minimum absolute atomic E-state index is 0.0180. The van der Waals surface area contributed by atoms with Crippen LogP contribution in [0.3, 0.4) is 0 Å². The van der Waals surface area contributed by atoms with Crippen LogP contribution in [0.25, 0.3) is 0 Å². The van der Waals surface area contributed by atoms with E-state index in [-0.39, 0.29) is 6.04 Å². The average Bonchev–Trinajstić information content (AvgIpc) is 2.87. The molecular formula is C11H14BrNO. The van der Waals surface area contributed by atoms with E-state index in [4.69, 9.17) is 5.73 Å². The van der Waals surface area contributed by atoms with Crippen LogP contribution in [0.4, 0.5) is 0 Å². The molecule has 2 rings (SSSR count). The second-order valence-electron chi connectivity index (χ2n) is 3.99. The Balaban J connectivity index is 2.13. The Kier molecular flexibility index (Phi) is 2.79. The third-order valence-corrected chi connectivity index (χ3v) is 3.17. The summed E-state index contributed by atoms with van der Waals surface area (Å²) in [5, 5.41) is 9.69. The fourth-order valence-electron chi connectivity index (χ4n) is 1.67. The van der Waals surface area contributed by atoms with Crippen LogP contribution in [0.2, 0.25) is 0 Å². The van der Waals surface area contributed by atoms with Gasteiger partial charge in [-0.1, -0.05) is 34.8 Å².